The fourth-order valence-electron chi connectivity index (χ4n) is 3.97. The number of anilines is 1. The number of nitrogens with zero attached hydrogens (tertiary/aromatic N) is 3. The van der Waals surface area contributed by atoms with Crippen LogP contribution in [-0.2, 0) is 0 Å². The zero-order valence-electron chi connectivity index (χ0n) is 18.5. The molecule has 178 valence electrons. The Morgan fingerprint density at radius 2 is 1.66 bits per heavy atom. The molecule has 5 rings (SSSR count). The van der Waals surface area contributed by atoms with Crippen molar-refractivity contribution in [3.05, 3.63) is 99.9 Å². The molecule has 2 heterocycles. The van der Waals surface area contributed by atoms with E-state index in [1.165, 1.54) is 16.8 Å². The number of rotatable bonds is 5. The van der Waals surface area contributed by atoms with Crippen molar-refractivity contribution >= 4 is 17.3 Å². The highest BCUT2D eigenvalue weighted by Gasteiger charge is 2.21. The van der Waals surface area contributed by atoms with Crippen molar-refractivity contribution in [2.75, 3.05) is 31.1 Å². The second-order valence-corrected chi connectivity index (χ2v) is 8.48. The van der Waals surface area contributed by atoms with Gasteiger partial charge >= 0.3 is 5.56 Å². The summed E-state index contributed by atoms with van der Waals surface area (Å²) in [6.45, 7) is 2.95. The van der Waals surface area contributed by atoms with E-state index < -0.39 is 17.2 Å². The van der Waals surface area contributed by atoms with Gasteiger partial charge in [0.25, 0.3) is 0 Å². The Morgan fingerprint density at radius 3 is 2.34 bits per heavy atom. The maximum absolute atomic E-state index is 14.2. The summed E-state index contributed by atoms with van der Waals surface area (Å²) >= 11 is 5.99. The number of benzene rings is 3. The van der Waals surface area contributed by atoms with Crippen LogP contribution in [0.5, 0.6) is 11.5 Å². The van der Waals surface area contributed by atoms with Crippen molar-refractivity contribution in [3.63, 3.8) is 0 Å². The SMILES string of the molecule is O=c1c(Oc2ccc(-c3ccc(F)cc3F)cc2)c(N2CCNCC2)cnn1-c1ccc(Cl)cc1. The molecule has 9 heteroatoms. The Balaban J connectivity index is 1.52. The van der Waals surface area contributed by atoms with Gasteiger partial charge in [-0.2, -0.15) is 9.78 Å². The highest BCUT2D eigenvalue weighted by molar-refractivity contribution is 6.30. The highest BCUT2D eigenvalue weighted by atomic mass is 35.5. The predicted octanol–water partition coefficient (Wildman–Crippen LogP) is 5.03. The van der Waals surface area contributed by atoms with Crippen molar-refractivity contribution in [2.24, 2.45) is 0 Å². The van der Waals surface area contributed by atoms with Gasteiger partial charge in [0.05, 0.1) is 11.9 Å². The van der Waals surface area contributed by atoms with Gasteiger partial charge in [-0.05, 0) is 54.1 Å². The lowest BCUT2D eigenvalue weighted by Crippen LogP contribution is -2.44. The first-order valence-corrected chi connectivity index (χ1v) is 11.4. The molecule has 1 fully saturated rings. The van der Waals surface area contributed by atoms with E-state index in [0.717, 1.165) is 19.2 Å². The third kappa shape index (κ3) is 4.89. The maximum atomic E-state index is 14.2. The average molecular weight is 495 g/mol. The van der Waals surface area contributed by atoms with Crippen molar-refractivity contribution in [2.45, 2.75) is 0 Å². The van der Waals surface area contributed by atoms with Crippen LogP contribution < -0.4 is 20.5 Å². The van der Waals surface area contributed by atoms with Crippen LogP contribution in [0.4, 0.5) is 14.5 Å². The van der Waals surface area contributed by atoms with E-state index >= 15 is 0 Å². The number of hydrogen-bond donors (Lipinski definition) is 1. The van der Waals surface area contributed by atoms with E-state index in [1.807, 2.05) is 0 Å². The minimum absolute atomic E-state index is 0.137. The summed E-state index contributed by atoms with van der Waals surface area (Å²) in [5.41, 5.74) is 1.56. The number of ether oxygens (including phenoxy) is 1. The fourth-order valence-corrected chi connectivity index (χ4v) is 4.09. The smallest absolute Gasteiger partial charge is 0.316 e. The molecule has 0 spiro atoms. The van der Waals surface area contributed by atoms with Gasteiger partial charge in [0.2, 0.25) is 5.75 Å². The summed E-state index contributed by atoms with van der Waals surface area (Å²) < 4.78 is 34.8. The van der Waals surface area contributed by atoms with E-state index in [1.54, 1.807) is 54.7 Å². The number of aromatic nitrogens is 2. The van der Waals surface area contributed by atoms with Gasteiger partial charge in [0, 0.05) is 42.8 Å². The Hall–Kier alpha value is -3.75. The quantitative estimate of drug-likeness (QED) is 0.421. The van der Waals surface area contributed by atoms with Crippen molar-refractivity contribution in [1.82, 2.24) is 15.1 Å². The third-order valence-electron chi connectivity index (χ3n) is 5.76. The molecule has 6 nitrogen and oxygen atoms in total. The molecule has 1 aliphatic heterocycles. The van der Waals surface area contributed by atoms with E-state index in [2.05, 4.69) is 15.3 Å². The largest absolute Gasteiger partial charge is 0.449 e. The van der Waals surface area contributed by atoms with Crippen LogP contribution in [0.1, 0.15) is 0 Å². The van der Waals surface area contributed by atoms with Gasteiger partial charge in [-0.1, -0.05) is 23.7 Å². The van der Waals surface area contributed by atoms with Crippen molar-refractivity contribution in [3.8, 4) is 28.3 Å². The minimum atomic E-state index is -0.653. The molecule has 1 aliphatic rings. The Kier molecular flexibility index (Phi) is 6.48. The van der Waals surface area contributed by atoms with Crippen LogP contribution in [0.2, 0.25) is 5.02 Å². The lowest BCUT2D eigenvalue weighted by molar-refractivity contribution is 0.463. The normalized spacial score (nSPS) is 13.6. The standard InChI is InChI=1S/C26H21ClF2N4O2/c27-18-3-6-20(7-4-18)33-26(34)25(24(16-31-33)32-13-11-30-12-14-32)35-21-8-1-17(2-9-21)22-10-5-19(28)15-23(22)29/h1-10,15-16,30H,11-14H2. The Morgan fingerprint density at radius 1 is 0.943 bits per heavy atom. The lowest BCUT2D eigenvalue weighted by Gasteiger charge is -2.30. The van der Waals surface area contributed by atoms with Crippen LogP contribution in [0.15, 0.2) is 77.7 Å². The summed E-state index contributed by atoms with van der Waals surface area (Å²) in [4.78, 5) is 15.6. The molecule has 0 unspecified atom stereocenters. The molecular formula is C26H21ClF2N4O2. The van der Waals surface area contributed by atoms with E-state index in [-0.39, 0.29) is 11.3 Å². The van der Waals surface area contributed by atoms with Crippen molar-refractivity contribution < 1.29 is 13.5 Å². The summed E-state index contributed by atoms with van der Waals surface area (Å²) in [5.74, 6) is -0.753. The van der Waals surface area contributed by atoms with Gasteiger partial charge in [-0.25, -0.2) is 8.78 Å². The molecular weight excluding hydrogens is 474 g/mol. The predicted molar refractivity (Wildman–Crippen MR) is 132 cm³/mol. The molecule has 0 aliphatic carbocycles. The van der Waals surface area contributed by atoms with Gasteiger partial charge in [-0.15, -0.1) is 0 Å². The third-order valence-corrected chi connectivity index (χ3v) is 6.01. The monoisotopic (exact) mass is 494 g/mol. The Bertz CT molecular complexity index is 1400. The maximum Gasteiger partial charge on any atom is 0.316 e. The van der Waals surface area contributed by atoms with Crippen LogP contribution in [0.25, 0.3) is 16.8 Å². The van der Waals surface area contributed by atoms with E-state index in [0.29, 0.717) is 40.8 Å². The second kappa shape index (κ2) is 9.85. The van der Waals surface area contributed by atoms with E-state index in [9.17, 15) is 13.6 Å². The van der Waals surface area contributed by atoms with Gasteiger partial charge in [0.15, 0.2) is 0 Å². The zero-order valence-corrected chi connectivity index (χ0v) is 19.3. The van der Waals surface area contributed by atoms with Crippen LogP contribution in [0, 0.1) is 11.6 Å². The summed E-state index contributed by atoms with van der Waals surface area (Å²) in [7, 11) is 0. The molecule has 0 atom stereocenters. The summed E-state index contributed by atoms with van der Waals surface area (Å²) in [6, 6.07) is 16.8. The van der Waals surface area contributed by atoms with Gasteiger partial charge in [0.1, 0.15) is 23.1 Å². The second-order valence-electron chi connectivity index (χ2n) is 8.04. The highest BCUT2D eigenvalue weighted by Crippen LogP contribution is 2.31. The van der Waals surface area contributed by atoms with E-state index in [4.69, 9.17) is 16.3 Å². The first-order valence-electron chi connectivity index (χ1n) is 11.1. The molecule has 1 N–H and O–H groups in total. The molecule has 1 aromatic heterocycles. The summed E-state index contributed by atoms with van der Waals surface area (Å²) in [5, 5.41) is 8.21. The molecule has 0 saturated carbocycles. The first kappa shape index (κ1) is 23.0. The summed E-state index contributed by atoms with van der Waals surface area (Å²) in [6.07, 6.45) is 1.62. The Labute approximate surface area is 205 Å². The minimum Gasteiger partial charge on any atom is -0.449 e. The fraction of sp³-hybridized carbons (Fsp3) is 0.154. The lowest BCUT2D eigenvalue weighted by atomic mass is 10.1. The average Bonchev–Trinajstić information content (AvgIpc) is 2.87. The van der Waals surface area contributed by atoms with Crippen LogP contribution >= 0.6 is 11.6 Å². The number of halogens is 3. The zero-order chi connectivity index (χ0) is 24.4. The molecule has 0 amide bonds. The molecule has 35 heavy (non-hydrogen) atoms. The molecule has 1 saturated heterocycles. The van der Waals surface area contributed by atoms with Gasteiger partial charge in [-0.3, -0.25) is 4.79 Å². The van der Waals surface area contributed by atoms with Crippen LogP contribution in [0.3, 0.4) is 0 Å². The first-order chi connectivity index (χ1) is 17.0. The molecule has 0 bridgehead atoms. The van der Waals surface area contributed by atoms with Crippen LogP contribution in [-0.4, -0.2) is 36.0 Å². The van der Waals surface area contributed by atoms with Crippen molar-refractivity contribution in [1.29, 1.82) is 0 Å². The molecule has 0 radical (unpaired) electrons. The molecule has 3 aromatic carbocycles. The number of nitrogens with one attached hydrogen (secondary N) is 1. The number of piperazine rings is 1. The molecule has 4 aromatic rings. The topological polar surface area (TPSA) is 59.4 Å². The van der Waals surface area contributed by atoms with Gasteiger partial charge < -0.3 is 15.0 Å². The number of hydrogen-bond acceptors (Lipinski definition) is 5.